The maximum absolute atomic E-state index is 12.2. The zero-order valence-electron chi connectivity index (χ0n) is 16.8. The summed E-state index contributed by atoms with van der Waals surface area (Å²) in [4.78, 5) is 23.0. The zero-order valence-corrected chi connectivity index (χ0v) is 16.8. The molecule has 1 heterocycles. The number of benzene rings is 2. The molecule has 4 N–H and O–H groups in total. The number of hydrogen-bond acceptors (Lipinski definition) is 6. The summed E-state index contributed by atoms with van der Waals surface area (Å²) in [5.41, 5.74) is 9.99. The number of anilines is 1. The summed E-state index contributed by atoms with van der Waals surface area (Å²) >= 11 is 0. The van der Waals surface area contributed by atoms with Crippen LogP contribution in [0.4, 0.5) is 5.69 Å². The lowest BCUT2D eigenvalue weighted by Gasteiger charge is -2.14. The molecule has 1 aliphatic rings. The molecule has 0 aliphatic carbocycles. The first-order chi connectivity index (χ1) is 14.4. The fourth-order valence-corrected chi connectivity index (χ4v) is 3.19. The van der Waals surface area contributed by atoms with Crippen LogP contribution >= 0.6 is 0 Å². The SMILES string of the molecule is COc1ccc(/C=C\c2cc3c(c(OC)c2)COC3)cc1NC(=O)C(N)CC(=O)O. The number of ether oxygens (including phenoxy) is 3. The maximum Gasteiger partial charge on any atom is 0.305 e. The lowest BCUT2D eigenvalue weighted by Crippen LogP contribution is -2.37. The molecule has 8 nitrogen and oxygen atoms in total. The standard InChI is InChI=1S/C22H24N2O6/c1-28-19-6-5-13(8-18(19)24-22(27)17(23)10-21(25)26)3-4-14-7-15-11-30-12-16(15)20(9-14)29-2/h3-9,17H,10-12,23H2,1-2H3,(H,24,27)(H,25,26)/b4-3-. The Balaban J connectivity index is 1.81. The van der Waals surface area contributed by atoms with Crippen LogP contribution in [0.15, 0.2) is 30.3 Å². The third-order valence-corrected chi connectivity index (χ3v) is 4.73. The van der Waals surface area contributed by atoms with Crippen molar-refractivity contribution in [2.24, 2.45) is 5.73 Å². The van der Waals surface area contributed by atoms with Crippen molar-refractivity contribution in [3.05, 3.63) is 52.6 Å². The summed E-state index contributed by atoms with van der Waals surface area (Å²) in [5, 5.41) is 11.4. The molecule has 1 aliphatic heterocycles. The molecule has 0 radical (unpaired) electrons. The van der Waals surface area contributed by atoms with E-state index in [2.05, 4.69) is 11.4 Å². The average molecular weight is 412 g/mol. The topological polar surface area (TPSA) is 120 Å². The van der Waals surface area contributed by atoms with Crippen LogP contribution in [0.25, 0.3) is 12.2 Å². The van der Waals surface area contributed by atoms with E-state index in [-0.39, 0.29) is 0 Å². The number of carboxylic acids is 1. The lowest BCUT2D eigenvalue weighted by molar-refractivity contribution is -0.138. The van der Waals surface area contributed by atoms with Crippen LogP contribution in [0.3, 0.4) is 0 Å². The number of amides is 1. The molecule has 30 heavy (non-hydrogen) atoms. The number of rotatable bonds is 8. The second-order valence-corrected chi connectivity index (χ2v) is 6.84. The fourth-order valence-electron chi connectivity index (χ4n) is 3.19. The van der Waals surface area contributed by atoms with Gasteiger partial charge in [-0.15, -0.1) is 0 Å². The molecule has 1 atom stereocenters. The van der Waals surface area contributed by atoms with Gasteiger partial charge in [-0.1, -0.05) is 18.2 Å². The van der Waals surface area contributed by atoms with Gasteiger partial charge in [0.05, 0.1) is 45.6 Å². The summed E-state index contributed by atoms with van der Waals surface area (Å²) < 4.78 is 16.2. The predicted octanol–water partition coefficient (Wildman–Crippen LogP) is 2.64. The Labute approximate surface area is 174 Å². The largest absolute Gasteiger partial charge is 0.496 e. The highest BCUT2D eigenvalue weighted by atomic mass is 16.5. The van der Waals surface area contributed by atoms with Gasteiger partial charge in [-0.25, -0.2) is 0 Å². The number of hydrogen-bond donors (Lipinski definition) is 3. The first-order valence-corrected chi connectivity index (χ1v) is 9.33. The quantitative estimate of drug-likeness (QED) is 0.570. The van der Waals surface area contributed by atoms with Crippen LogP contribution < -0.4 is 20.5 Å². The molecule has 0 spiro atoms. The van der Waals surface area contributed by atoms with E-state index < -0.39 is 24.3 Å². The number of carboxylic acid groups (broad SMARTS) is 1. The number of fused-ring (bicyclic) bond motifs is 1. The van der Waals surface area contributed by atoms with E-state index in [1.54, 1.807) is 19.2 Å². The molecule has 2 aromatic carbocycles. The number of nitrogens with one attached hydrogen (secondary N) is 1. The van der Waals surface area contributed by atoms with Crippen LogP contribution in [0.2, 0.25) is 0 Å². The lowest BCUT2D eigenvalue weighted by atomic mass is 10.0. The van der Waals surface area contributed by atoms with E-state index in [9.17, 15) is 9.59 Å². The van der Waals surface area contributed by atoms with E-state index in [1.807, 2.05) is 24.3 Å². The van der Waals surface area contributed by atoms with Gasteiger partial charge in [0.15, 0.2) is 0 Å². The monoisotopic (exact) mass is 412 g/mol. The van der Waals surface area contributed by atoms with Crippen molar-refractivity contribution in [1.82, 2.24) is 0 Å². The first kappa shape index (κ1) is 21.4. The van der Waals surface area contributed by atoms with Gasteiger partial charge in [0, 0.05) is 5.56 Å². The predicted molar refractivity (Wildman–Crippen MR) is 112 cm³/mol. The van der Waals surface area contributed by atoms with E-state index in [0.717, 1.165) is 28.0 Å². The van der Waals surface area contributed by atoms with Crippen molar-refractivity contribution in [1.29, 1.82) is 0 Å². The first-order valence-electron chi connectivity index (χ1n) is 9.33. The van der Waals surface area contributed by atoms with Crippen molar-refractivity contribution in [3.63, 3.8) is 0 Å². The highest BCUT2D eigenvalue weighted by molar-refractivity contribution is 5.98. The summed E-state index contributed by atoms with van der Waals surface area (Å²) in [7, 11) is 3.12. The van der Waals surface area contributed by atoms with E-state index in [4.69, 9.17) is 25.1 Å². The van der Waals surface area contributed by atoms with Gasteiger partial charge in [0.2, 0.25) is 5.91 Å². The normalized spacial score (nSPS) is 13.7. The molecule has 1 amide bonds. The number of carbonyl (C=O) groups is 2. The van der Waals surface area contributed by atoms with E-state index in [0.29, 0.717) is 24.7 Å². The van der Waals surface area contributed by atoms with Gasteiger partial charge in [-0.05, 0) is 41.0 Å². The second-order valence-electron chi connectivity index (χ2n) is 6.84. The fraction of sp³-hybridized carbons (Fsp3) is 0.273. The molecule has 0 saturated carbocycles. The molecule has 0 aromatic heterocycles. The minimum atomic E-state index is -1.16. The minimum absolute atomic E-state index is 0.408. The summed E-state index contributed by atoms with van der Waals surface area (Å²) in [6.07, 6.45) is 3.37. The van der Waals surface area contributed by atoms with Gasteiger partial charge in [0.1, 0.15) is 11.5 Å². The highest BCUT2D eigenvalue weighted by Crippen LogP contribution is 2.32. The van der Waals surface area contributed by atoms with Crippen molar-refractivity contribution in [2.75, 3.05) is 19.5 Å². The van der Waals surface area contributed by atoms with Crippen molar-refractivity contribution >= 4 is 29.7 Å². The Morgan fingerprint density at radius 1 is 1.13 bits per heavy atom. The molecule has 3 rings (SSSR count). The van der Waals surface area contributed by atoms with Crippen LogP contribution in [0.1, 0.15) is 28.7 Å². The summed E-state index contributed by atoms with van der Waals surface area (Å²) in [6, 6.07) is 8.13. The van der Waals surface area contributed by atoms with Crippen molar-refractivity contribution < 1.29 is 28.9 Å². The van der Waals surface area contributed by atoms with Gasteiger partial charge >= 0.3 is 5.97 Å². The Morgan fingerprint density at radius 2 is 1.87 bits per heavy atom. The number of carbonyl (C=O) groups excluding carboxylic acids is 1. The zero-order chi connectivity index (χ0) is 21.7. The highest BCUT2D eigenvalue weighted by Gasteiger charge is 2.19. The maximum atomic E-state index is 12.2. The van der Waals surface area contributed by atoms with E-state index >= 15 is 0 Å². The minimum Gasteiger partial charge on any atom is -0.496 e. The second kappa shape index (κ2) is 9.43. The molecule has 1 unspecified atom stereocenters. The van der Waals surface area contributed by atoms with Crippen molar-refractivity contribution in [3.8, 4) is 11.5 Å². The smallest absolute Gasteiger partial charge is 0.305 e. The van der Waals surface area contributed by atoms with E-state index in [1.165, 1.54) is 7.11 Å². The number of methoxy groups -OCH3 is 2. The van der Waals surface area contributed by atoms with Crippen LogP contribution in [-0.4, -0.2) is 37.2 Å². The molecular weight excluding hydrogens is 388 g/mol. The van der Waals surface area contributed by atoms with Gasteiger partial charge in [-0.3, -0.25) is 9.59 Å². The summed E-state index contributed by atoms with van der Waals surface area (Å²) in [5.74, 6) is -0.504. The molecule has 0 bridgehead atoms. The average Bonchev–Trinajstić information content (AvgIpc) is 3.20. The van der Waals surface area contributed by atoms with Gasteiger partial charge < -0.3 is 30.4 Å². The summed E-state index contributed by atoms with van der Waals surface area (Å²) in [6.45, 7) is 1.11. The molecule has 158 valence electrons. The molecule has 0 saturated heterocycles. The molecule has 8 heteroatoms. The van der Waals surface area contributed by atoms with Crippen LogP contribution in [0, 0.1) is 0 Å². The Kier molecular flexibility index (Phi) is 6.71. The number of nitrogens with two attached hydrogens (primary N) is 1. The third kappa shape index (κ3) is 4.97. The Morgan fingerprint density at radius 3 is 2.57 bits per heavy atom. The number of aliphatic carboxylic acids is 1. The Hall–Kier alpha value is -3.36. The van der Waals surface area contributed by atoms with Crippen LogP contribution in [0.5, 0.6) is 11.5 Å². The van der Waals surface area contributed by atoms with Crippen molar-refractivity contribution in [2.45, 2.75) is 25.7 Å². The molecular formula is C22H24N2O6. The molecule has 0 fully saturated rings. The van der Waals surface area contributed by atoms with Gasteiger partial charge in [0.25, 0.3) is 0 Å². The third-order valence-electron chi connectivity index (χ3n) is 4.73. The Bertz CT molecular complexity index is 986. The van der Waals surface area contributed by atoms with Crippen LogP contribution in [-0.2, 0) is 27.5 Å². The molecule has 2 aromatic rings. The van der Waals surface area contributed by atoms with Gasteiger partial charge in [-0.2, -0.15) is 0 Å².